The molecule has 2 aliphatic rings. The third kappa shape index (κ3) is 3.94. The van der Waals surface area contributed by atoms with Gasteiger partial charge in [-0.05, 0) is 31.9 Å². The van der Waals surface area contributed by atoms with E-state index in [0.29, 0.717) is 24.8 Å². The number of esters is 2. The number of hydrogen-bond donors (Lipinski definition) is 2. The molecule has 148 valence electrons. The van der Waals surface area contributed by atoms with Gasteiger partial charge in [-0.1, -0.05) is 18.2 Å². The second-order valence-corrected chi connectivity index (χ2v) is 8.99. The topological polar surface area (TPSA) is 113 Å². The van der Waals surface area contributed by atoms with Crippen molar-refractivity contribution in [2.75, 3.05) is 7.11 Å². The molecule has 9 heteroatoms. The Kier molecular flexibility index (Phi) is 5.72. The van der Waals surface area contributed by atoms with Gasteiger partial charge in [-0.2, -0.15) is 0 Å². The molecule has 0 aliphatic carbocycles. The van der Waals surface area contributed by atoms with E-state index in [1.165, 1.54) is 14.0 Å². The van der Waals surface area contributed by atoms with Gasteiger partial charge in [-0.25, -0.2) is 4.79 Å². The van der Waals surface area contributed by atoms with Crippen LogP contribution in [-0.4, -0.2) is 57.7 Å². The van der Waals surface area contributed by atoms with E-state index in [0.717, 1.165) is 0 Å². The Bertz CT molecular complexity index is 749. The molecule has 2 N–H and O–H groups in total. The van der Waals surface area contributed by atoms with Crippen molar-refractivity contribution in [2.45, 2.75) is 50.2 Å². The fraction of sp³-hybridized carbons (Fsp3) is 0.556. The van der Waals surface area contributed by atoms with Crippen LogP contribution in [0.5, 0.6) is 0 Å². The van der Waals surface area contributed by atoms with E-state index in [-0.39, 0.29) is 6.04 Å². The van der Waals surface area contributed by atoms with Crippen LogP contribution in [0, 0.1) is 5.92 Å². The molecule has 1 aromatic carbocycles. The van der Waals surface area contributed by atoms with Crippen molar-refractivity contribution < 1.29 is 33.4 Å². The third-order valence-corrected chi connectivity index (χ3v) is 6.82. The van der Waals surface area contributed by atoms with Crippen LogP contribution in [0.2, 0.25) is 0 Å². The van der Waals surface area contributed by atoms with Crippen molar-refractivity contribution in [3.63, 3.8) is 0 Å². The van der Waals surface area contributed by atoms with Gasteiger partial charge in [-0.15, -0.1) is 0 Å². The first-order valence-corrected chi connectivity index (χ1v) is 10.6. The predicted molar refractivity (Wildman–Crippen MR) is 95.9 cm³/mol. The van der Waals surface area contributed by atoms with Gasteiger partial charge in [0.05, 0.1) is 12.7 Å². The number of hydrogen-bond acceptors (Lipinski definition) is 6. The summed E-state index contributed by atoms with van der Waals surface area (Å²) >= 11 is 0. The summed E-state index contributed by atoms with van der Waals surface area (Å²) < 4.78 is 22.4. The zero-order valence-corrected chi connectivity index (χ0v) is 16.1. The number of ether oxygens (including phenoxy) is 2. The summed E-state index contributed by atoms with van der Waals surface area (Å²) in [6.45, 7) is 1.47. The number of rotatable bonds is 5. The van der Waals surface area contributed by atoms with Gasteiger partial charge < -0.3 is 19.3 Å². The molecule has 0 saturated carbocycles. The molecule has 2 heterocycles. The molecule has 8 nitrogen and oxygen atoms in total. The maximum Gasteiger partial charge on any atom is 0.342 e. The summed E-state index contributed by atoms with van der Waals surface area (Å²) in [4.78, 5) is 45.9. The summed E-state index contributed by atoms with van der Waals surface area (Å²) in [5, 5.41) is 0. The minimum atomic E-state index is -4.35. The highest BCUT2D eigenvalue weighted by atomic mass is 31.2. The Morgan fingerprint density at radius 1 is 1.22 bits per heavy atom. The smallest absolute Gasteiger partial charge is 0.342 e. The van der Waals surface area contributed by atoms with Crippen molar-refractivity contribution in [1.29, 1.82) is 0 Å². The summed E-state index contributed by atoms with van der Waals surface area (Å²) in [5.74, 6) is -2.84. The van der Waals surface area contributed by atoms with E-state index in [1.807, 2.05) is 0 Å². The number of nitrogens with zero attached hydrogens (tertiary/aromatic N) is 1. The van der Waals surface area contributed by atoms with Crippen molar-refractivity contribution in [3.05, 3.63) is 35.9 Å². The fourth-order valence-electron chi connectivity index (χ4n) is 4.30. The second kappa shape index (κ2) is 7.72. The lowest BCUT2D eigenvalue weighted by atomic mass is 9.87. The third-order valence-electron chi connectivity index (χ3n) is 5.58. The van der Waals surface area contributed by atoms with Crippen LogP contribution in [0.15, 0.2) is 30.3 Å². The molecule has 1 aromatic rings. The van der Waals surface area contributed by atoms with E-state index >= 15 is 0 Å². The Hall–Kier alpha value is -1.73. The van der Waals surface area contributed by atoms with Crippen LogP contribution < -0.4 is 0 Å². The highest BCUT2D eigenvalue weighted by molar-refractivity contribution is 7.52. The second-order valence-electron chi connectivity index (χ2n) is 7.06. The SMILES string of the molecule is COC(=O)C1C(OC(=O)c2ccccc2)CC2CCC1N2C(C)P(=O)(O)O. The largest absolute Gasteiger partial charge is 0.469 e. The normalized spacial score (nSPS) is 29.2. The van der Waals surface area contributed by atoms with E-state index in [4.69, 9.17) is 9.47 Å². The monoisotopic (exact) mass is 397 g/mol. The highest BCUT2D eigenvalue weighted by Crippen LogP contribution is 2.51. The molecule has 5 unspecified atom stereocenters. The summed E-state index contributed by atoms with van der Waals surface area (Å²) in [6, 6.07) is 7.91. The lowest BCUT2D eigenvalue weighted by Crippen LogP contribution is -2.57. The molecule has 0 aromatic heterocycles. The number of carbonyl (C=O) groups excluding carboxylic acids is 2. The van der Waals surface area contributed by atoms with Gasteiger partial charge in [0.1, 0.15) is 17.8 Å². The molecule has 27 heavy (non-hydrogen) atoms. The standard InChI is InChI=1S/C18H24NO7P/c1-11(27(22,23)24)19-13-8-9-14(19)16(18(21)25-2)15(10-13)26-17(20)12-6-4-3-5-7-12/h3-7,11,13-16H,8-10H2,1-2H3,(H2,22,23,24). The molecule has 3 rings (SSSR count). The quantitative estimate of drug-likeness (QED) is 0.571. The van der Waals surface area contributed by atoms with Crippen molar-refractivity contribution >= 4 is 19.5 Å². The number of methoxy groups -OCH3 is 1. The van der Waals surface area contributed by atoms with Crippen molar-refractivity contribution in [1.82, 2.24) is 4.90 Å². The zero-order chi connectivity index (χ0) is 19.8. The van der Waals surface area contributed by atoms with Crippen molar-refractivity contribution in [3.8, 4) is 0 Å². The summed E-state index contributed by atoms with van der Waals surface area (Å²) in [7, 11) is -3.09. The minimum Gasteiger partial charge on any atom is -0.469 e. The summed E-state index contributed by atoms with van der Waals surface area (Å²) in [5.41, 5.74) is 0.388. The average molecular weight is 397 g/mol. The Morgan fingerprint density at radius 2 is 1.89 bits per heavy atom. The lowest BCUT2D eigenvalue weighted by molar-refractivity contribution is -0.157. The average Bonchev–Trinajstić information content (AvgIpc) is 2.94. The van der Waals surface area contributed by atoms with E-state index in [9.17, 15) is 23.9 Å². The van der Waals surface area contributed by atoms with Crippen LogP contribution in [-0.2, 0) is 18.8 Å². The van der Waals surface area contributed by atoms with Gasteiger partial charge in [-0.3, -0.25) is 14.3 Å². The number of fused-ring (bicyclic) bond motifs is 2. The van der Waals surface area contributed by atoms with Crippen LogP contribution in [0.25, 0.3) is 0 Å². The molecule has 2 bridgehead atoms. The number of piperidine rings is 1. The van der Waals surface area contributed by atoms with Gasteiger partial charge >= 0.3 is 19.5 Å². The van der Waals surface area contributed by atoms with E-state index in [2.05, 4.69) is 0 Å². The van der Waals surface area contributed by atoms with E-state index in [1.54, 1.807) is 35.2 Å². The first-order valence-electron chi connectivity index (χ1n) is 8.90. The molecule has 0 spiro atoms. The predicted octanol–water partition coefficient (Wildman–Crippen LogP) is 1.76. The Balaban J connectivity index is 1.85. The Labute approximate surface area is 157 Å². The first kappa shape index (κ1) is 20.0. The number of benzene rings is 1. The maximum absolute atomic E-state index is 12.5. The van der Waals surface area contributed by atoms with Crippen LogP contribution in [0.4, 0.5) is 0 Å². The molecule has 0 radical (unpaired) electrons. The number of carbonyl (C=O) groups is 2. The lowest BCUT2D eigenvalue weighted by Gasteiger charge is -2.45. The maximum atomic E-state index is 12.5. The van der Waals surface area contributed by atoms with E-state index < -0.39 is 43.4 Å². The van der Waals surface area contributed by atoms with Gasteiger partial charge in [0, 0.05) is 18.5 Å². The molecule has 5 atom stereocenters. The Morgan fingerprint density at radius 3 is 2.48 bits per heavy atom. The first-order chi connectivity index (χ1) is 12.7. The molecule has 0 amide bonds. The zero-order valence-electron chi connectivity index (χ0n) is 15.2. The van der Waals surface area contributed by atoms with Crippen LogP contribution in [0.3, 0.4) is 0 Å². The van der Waals surface area contributed by atoms with Crippen LogP contribution >= 0.6 is 7.60 Å². The highest BCUT2D eigenvalue weighted by Gasteiger charge is 2.55. The molecule has 2 saturated heterocycles. The van der Waals surface area contributed by atoms with Crippen molar-refractivity contribution in [2.24, 2.45) is 5.92 Å². The molecular weight excluding hydrogens is 373 g/mol. The molecule has 2 aliphatic heterocycles. The van der Waals surface area contributed by atoms with Gasteiger partial charge in [0.25, 0.3) is 0 Å². The van der Waals surface area contributed by atoms with Crippen LogP contribution in [0.1, 0.15) is 36.5 Å². The molecular formula is C18H24NO7P. The molecule has 2 fully saturated rings. The van der Waals surface area contributed by atoms with Gasteiger partial charge in [0.2, 0.25) is 0 Å². The van der Waals surface area contributed by atoms with Gasteiger partial charge in [0.15, 0.2) is 0 Å². The fourth-order valence-corrected chi connectivity index (χ4v) is 5.01. The minimum absolute atomic E-state index is 0.160. The summed E-state index contributed by atoms with van der Waals surface area (Å²) in [6.07, 6.45) is 0.915.